The van der Waals surface area contributed by atoms with Crippen LogP contribution >= 0.6 is 0 Å². The summed E-state index contributed by atoms with van der Waals surface area (Å²) < 4.78 is 0. The van der Waals surface area contributed by atoms with E-state index >= 15 is 0 Å². The molecule has 0 aromatic heterocycles. The molecule has 0 unspecified atom stereocenters. The third-order valence-electron chi connectivity index (χ3n) is 6.29. The van der Waals surface area contributed by atoms with Crippen LogP contribution in [0.3, 0.4) is 0 Å². The van der Waals surface area contributed by atoms with Crippen molar-refractivity contribution in [1.29, 1.82) is 0 Å². The van der Waals surface area contributed by atoms with Gasteiger partial charge in [-0.05, 0) is 48.7 Å². The Morgan fingerprint density at radius 3 is 2.03 bits per heavy atom. The van der Waals surface area contributed by atoms with Crippen LogP contribution in [0, 0.1) is 6.92 Å². The summed E-state index contributed by atoms with van der Waals surface area (Å²) in [5, 5.41) is 0. The van der Waals surface area contributed by atoms with Gasteiger partial charge in [0.2, 0.25) is 0 Å². The smallest absolute Gasteiger partial charge is 0.259 e. The van der Waals surface area contributed by atoms with Gasteiger partial charge < -0.3 is 4.90 Å². The van der Waals surface area contributed by atoms with Gasteiger partial charge in [0.25, 0.3) is 11.8 Å². The minimum atomic E-state index is -0.732. The SMILES string of the molecule is Cc1ccc([C@H]2C(=O)N(c3ccccc3)c3ccccc3C(=O)N2CCc2ccccc2)cc1. The Labute approximate surface area is 200 Å². The first kappa shape index (κ1) is 21.7. The molecular weight excluding hydrogens is 420 g/mol. The van der Waals surface area contributed by atoms with Gasteiger partial charge in [0, 0.05) is 12.2 Å². The maximum atomic E-state index is 14.3. The number of carbonyl (C=O) groups excluding carboxylic acids is 2. The minimum Gasteiger partial charge on any atom is -0.322 e. The van der Waals surface area contributed by atoms with Crippen LogP contribution in [0.1, 0.15) is 33.1 Å². The van der Waals surface area contributed by atoms with Gasteiger partial charge in [-0.3, -0.25) is 14.5 Å². The topological polar surface area (TPSA) is 40.6 Å². The van der Waals surface area contributed by atoms with E-state index in [1.165, 1.54) is 0 Å². The molecule has 4 nitrogen and oxygen atoms in total. The lowest BCUT2D eigenvalue weighted by Crippen LogP contribution is -2.42. The fourth-order valence-corrected chi connectivity index (χ4v) is 4.54. The molecule has 0 bridgehead atoms. The fourth-order valence-electron chi connectivity index (χ4n) is 4.54. The molecule has 0 aliphatic carbocycles. The molecule has 4 aromatic carbocycles. The standard InChI is InChI=1S/C30H26N2O2/c1-22-16-18-24(19-17-22)28-30(34)32(25-12-6-3-7-13-25)27-15-9-8-14-26(27)29(33)31(28)21-20-23-10-4-2-5-11-23/h2-19,28H,20-21H2,1H3/t28-/m0/s1. The summed E-state index contributed by atoms with van der Waals surface area (Å²) in [5.74, 6) is -0.273. The summed E-state index contributed by atoms with van der Waals surface area (Å²) in [6, 6.07) is 34.2. The number of rotatable bonds is 5. The molecule has 168 valence electrons. The van der Waals surface area contributed by atoms with E-state index in [0.717, 1.165) is 22.4 Å². The number of fused-ring (bicyclic) bond motifs is 1. The molecule has 0 saturated carbocycles. The lowest BCUT2D eigenvalue weighted by molar-refractivity contribution is -0.122. The van der Waals surface area contributed by atoms with Gasteiger partial charge in [0.1, 0.15) is 6.04 Å². The van der Waals surface area contributed by atoms with E-state index in [0.29, 0.717) is 24.2 Å². The zero-order chi connectivity index (χ0) is 23.5. The highest BCUT2D eigenvalue weighted by Gasteiger charge is 2.40. The Hall–Kier alpha value is -4.18. The van der Waals surface area contributed by atoms with Crippen molar-refractivity contribution >= 4 is 23.2 Å². The molecule has 4 heteroatoms. The van der Waals surface area contributed by atoms with Crippen molar-refractivity contribution in [3.05, 3.63) is 131 Å². The van der Waals surface area contributed by atoms with Crippen molar-refractivity contribution in [3.63, 3.8) is 0 Å². The average molecular weight is 447 g/mol. The second-order valence-corrected chi connectivity index (χ2v) is 8.57. The van der Waals surface area contributed by atoms with Crippen LogP contribution in [-0.2, 0) is 11.2 Å². The third-order valence-corrected chi connectivity index (χ3v) is 6.29. The molecule has 5 rings (SSSR count). The number of nitrogens with zero attached hydrogens (tertiary/aromatic N) is 2. The summed E-state index contributed by atoms with van der Waals surface area (Å²) in [6.07, 6.45) is 0.662. The highest BCUT2D eigenvalue weighted by atomic mass is 16.2. The van der Waals surface area contributed by atoms with Crippen molar-refractivity contribution < 1.29 is 9.59 Å². The second kappa shape index (κ2) is 9.36. The first-order valence-electron chi connectivity index (χ1n) is 11.5. The maximum Gasteiger partial charge on any atom is 0.259 e. The Balaban J connectivity index is 1.65. The molecular formula is C30H26N2O2. The molecule has 0 spiro atoms. The summed E-state index contributed by atoms with van der Waals surface area (Å²) in [5.41, 5.74) is 4.93. The zero-order valence-electron chi connectivity index (χ0n) is 19.1. The highest BCUT2D eigenvalue weighted by molar-refractivity contribution is 6.14. The van der Waals surface area contributed by atoms with E-state index < -0.39 is 6.04 Å². The fraction of sp³-hybridized carbons (Fsp3) is 0.133. The molecule has 1 heterocycles. The minimum absolute atomic E-state index is 0.135. The second-order valence-electron chi connectivity index (χ2n) is 8.57. The zero-order valence-corrected chi connectivity index (χ0v) is 19.1. The average Bonchev–Trinajstić information content (AvgIpc) is 2.97. The van der Waals surface area contributed by atoms with Crippen LogP contribution in [0.5, 0.6) is 0 Å². The lowest BCUT2D eigenvalue weighted by atomic mass is 10.0. The number of benzene rings is 4. The lowest BCUT2D eigenvalue weighted by Gasteiger charge is -2.31. The molecule has 0 radical (unpaired) electrons. The number of aryl methyl sites for hydroxylation is 1. The Morgan fingerprint density at radius 1 is 0.706 bits per heavy atom. The van der Waals surface area contributed by atoms with E-state index in [1.807, 2.05) is 104 Å². The Bertz CT molecular complexity index is 1300. The first-order chi connectivity index (χ1) is 16.6. The van der Waals surface area contributed by atoms with Gasteiger partial charge in [-0.25, -0.2) is 0 Å². The molecule has 34 heavy (non-hydrogen) atoms. The molecule has 1 atom stereocenters. The van der Waals surface area contributed by atoms with Crippen LogP contribution in [-0.4, -0.2) is 23.3 Å². The van der Waals surface area contributed by atoms with Crippen molar-refractivity contribution in [3.8, 4) is 0 Å². The molecule has 1 aliphatic heterocycles. The van der Waals surface area contributed by atoms with Gasteiger partial charge >= 0.3 is 0 Å². The number of amides is 2. The monoisotopic (exact) mass is 446 g/mol. The van der Waals surface area contributed by atoms with Crippen molar-refractivity contribution in [2.75, 3.05) is 11.4 Å². The van der Waals surface area contributed by atoms with Crippen LogP contribution in [0.2, 0.25) is 0 Å². The van der Waals surface area contributed by atoms with E-state index in [1.54, 1.807) is 9.80 Å². The molecule has 0 fully saturated rings. The number of carbonyl (C=O) groups is 2. The number of anilines is 2. The summed E-state index contributed by atoms with van der Waals surface area (Å²) in [4.78, 5) is 31.7. The van der Waals surface area contributed by atoms with Crippen LogP contribution < -0.4 is 4.90 Å². The molecule has 0 N–H and O–H groups in total. The summed E-state index contributed by atoms with van der Waals surface area (Å²) in [7, 11) is 0. The molecule has 2 amide bonds. The largest absolute Gasteiger partial charge is 0.322 e. The van der Waals surface area contributed by atoms with Gasteiger partial charge in [0.05, 0.1) is 11.3 Å². The summed E-state index contributed by atoms with van der Waals surface area (Å²) >= 11 is 0. The van der Waals surface area contributed by atoms with Crippen molar-refractivity contribution in [2.24, 2.45) is 0 Å². The van der Waals surface area contributed by atoms with Gasteiger partial charge in [-0.2, -0.15) is 0 Å². The van der Waals surface area contributed by atoms with E-state index in [9.17, 15) is 9.59 Å². The molecule has 0 saturated heterocycles. The number of para-hydroxylation sites is 2. The van der Waals surface area contributed by atoms with Crippen LogP contribution in [0.4, 0.5) is 11.4 Å². The van der Waals surface area contributed by atoms with E-state index in [-0.39, 0.29) is 11.8 Å². The van der Waals surface area contributed by atoms with Gasteiger partial charge in [0.15, 0.2) is 0 Å². The first-order valence-corrected chi connectivity index (χ1v) is 11.5. The number of hydrogen-bond acceptors (Lipinski definition) is 2. The molecule has 4 aromatic rings. The quantitative estimate of drug-likeness (QED) is 0.372. The van der Waals surface area contributed by atoms with Crippen molar-refractivity contribution in [1.82, 2.24) is 4.90 Å². The predicted octanol–water partition coefficient (Wildman–Crippen LogP) is 6.10. The maximum absolute atomic E-state index is 14.3. The van der Waals surface area contributed by atoms with Gasteiger partial charge in [-0.15, -0.1) is 0 Å². The van der Waals surface area contributed by atoms with Gasteiger partial charge in [-0.1, -0.05) is 90.5 Å². The molecule has 1 aliphatic rings. The van der Waals surface area contributed by atoms with Crippen LogP contribution in [0.25, 0.3) is 0 Å². The Kier molecular flexibility index (Phi) is 5.96. The van der Waals surface area contributed by atoms with E-state index in [2.05, 4.69) is 12.1 Å². The van der Waals surface area contributed by atoms with E-state index in [4.69, 9.17) is 0 Å². The normalized spacial score (nSPS) is 15.7. The van der Waals surface area contributed by atoms with Crippen LogP contribution in [0.15, 0.2) is 109 Å². The highest BCUT2D eigenvalue weighted by Crippen LogP contribution is 2.38. The number of hydrogen-bond donors (Lipinski definition) is 0. The Morgan fingerprint density at radius 2 is 1.32 bits per heavy atom. The third kappa shape index (κ3) is 4.11. The van der Waals surface area contributed by atoms with Crippen molar-refractivity contribution in [2.45, 2.75) is 19.4 Å². The predicted molar refractivity (Wildman–Crippen MR) is 135 cm³/mol. The summed E-state index contributed by atoms with van der Waals surface area (Å²) in [6.45, 7) is 2.45.